The number of aryl methyl sites for hydroxylation is 2. The lowest BCUT2D eigenvalue weighted by Crippen LogP contribution is -2.35. The van der Waals surface area contributed by atoms with Crippen molar-refractivity contribution >= 4 is 23.2 Å². The summed E-state index contributed by atoms with van der Waals surface area (Å²) in [6, 6.07) is 21.0. The monoisotopic (exact) mass is 427 g/mol. The normalized spacial score (nSPS) is 15.1. The average molecular weight is 428 g/mol. The van der Waals surface area contributed by atoms with E-state index in [0.29, 0.717) is 18.0 Å². The topological polar surface area (TPSA) is 61.4 Å². The maximum atomic E-state index is 12.9. The van der Waals surface area contributed by atoms with E-state index >= 15 is 0 Å². The van der Waals surface area contributed by atoms with Crippen LogP contribution in [0.15, 0.2) is 66.7 Å². The third-order valence-corrected chi connectivity index (χ3v) is 5.84. The molecule has 3 aromatic carbocycles. The van der Waals surface area contributed by atoms with Gasteiger partial charge >= 0.3 is 0 Å². The van der Waals surface area contributed by atoms with Gasteiger partial charge in [-0.2, -0.15) is 0 Å². The maximum absolute atomic E-state index is 12.9. The summed E-state index contributed by atoms with van der Waals surface area (Å²) in [7, 11) is 0. The molecule has 1 aliphatic rings. The van der Waals surface area contributed by atoms with Crippen LogP contribution in [0.25, 0.3) is 0 Å². The largest absolute Gasteiger partial charge is 0.361 e. The van der Waals surface area contributed by atoms with E-state index in [4.69, 9.17) is 0 Å². The molecule has 3 aromatic rings. The minimum Gasteiger partial charge on any atom is -0.361 e. The fourth-order valence-electron chi connectivity index (χ4n) is 4.01. The fourth-order valence-corrected chi connectivity index (χ4v) is 4.01. The number of anilines is 2. The van der Waals surface area contributed by atoms with Crippen LogP contribution in [0.4, 0.5) is 11.4 Å². The molecule has 4 rings (SSSR count). The van der Waals surface area contributed by atoms with Crippen LogP contribution in [-0.2, 0) is 0 Å². The number of nitrogens with zero attached hydrogens (tertiary/aromatic N) is 1. The summed E-state index contributed by atoms with van der Waals surface area (Å²) in [5.41, 5.74) is 6.28. The molecule has 1 unspecified atom stereocenters. The number of hydrogen-bond acceptors (Lipinski definition) is 3. The van der Waals surface area contributed by atoms with Crippen molar-refractivity contribution in [2.24, 2.45) is 5.92 Å². The average Bonchev–Trinajstić information content (AvgIpc) is 3.02. The van der Waals surface area contributed by atoms with E-state index in [-0.39, 0.29) is 18.0 Å². The first-order valence-corrected chi connectivity index (χ1v) is 11.0. The lowest BCUT2D eigenvalue weighted by molar-refractivity contribution is 0.0720. The molecule has 5 heteroatoms. The highest BCUT2D eigenvalue weighted by Gasteiger charge is 2.36. The predicted molar refractivity (Wildman–Crippen MR) is 129 cm³/mol. The van der Waals surface area contributed by atoms with Gasteiger partial charge in [0.15, 0.2) is 0 Å². The summed E-state index contributed by atoms with van der Waals surface area (Å²) < 4.78 is 0. The van der Waals surface area contributed by atoms with Crippen molar-refractivity contribution in [3.8, 4) is 0 Å². The van der Waals surface area contributed by atoms with Crippen LogP contribution in [0.3, 0.4) is 0 Å². The molecule has 0 saturated carbocycles. The van der Waals surface area contributed by atoms with E-state index < -0.39 is 0 Å². The van der Waals surface area contributed by atoms with Crippen molar-refractivity contribution in [2.45, 2.75) is 33.9 Å². The molecule has 164 valence electrons. The smallest absolute Gasteiger partial charge is 0.256 e. The number of carbonyl (C=O) groups excluding carboxylic acids is 2. The highest BCUT2D eigenvalue weighted by atomic mass is 16.2. The molecule has 0 radical (unpaired) electrons. The summed E-state index contributed by atoms with van der Waals surface area (Å²) in [5.74, 6) is 0.257. The number of rotatable bonds is 6. The van der Waals surface area contributed by atoms with Gasteiger partial charge in [-0.25, -0.2) is 0 Å². The Balaban J connectivity index is 1.50. The molecule has 0 saturated heterocycles. The molecular formula is C27H29N3O2. The highest BCUT2D eigenvalue weighted by molar-refractivity contribution is 6.04. The lowest BCUT2D eigenvalue weighted by Gasteiger charge is -2.28. The molecule has 32 heavy (non-hydrogen) atoms. The van der Waals surface area contributed by atoms with Crippen molar-refractivity contribution in [2.75, 3.05) is 17.2 Å². The fraction of sp³-hybridized carbons (Fsp3) is 0.259. The van der Waals surface area contributed by atoms with Gasteiger partial charge in [-0.3, -0.25) is 9.59 Å². The van der Waals surface area contributed by atoms with Gasteiger partial charge < -0.3 is 15.5 Å². The van der Waals surface area contributed by atoms with Gasteiger partial charge in [0.05, 0.1) is 0 Å². The van der Waals surface area contributed by atoms with E-state index in [1.54, 1.807) is 12.1 Å². The first-order chi connectivity index (χ1) is 15.3. The Labute approximate surface area is 189 Å². The Kier molecular flexibility index (Phi) is 5.99. The summed E-state index contributed by atoms with van der Waals surface area (Å²) >= 11 is 0. The maximum Gasteiger partial charge on any atom is 0.256 e. The zero-order chi connectivity index (χ0) is 22.8. The molecular weight excluding hydrogens is 398 g/mol. The van der Waals surface area contributed by atoms with Crippen LogP contribution < -0.4 is 10.6 Å². The number of carbonyl (C=O) groups is 2. The van der Waals surface area contributed by atoms with Gasteiger partial charge in [0.25, 0.3) is 11.8 Å². The molecule has 1 heterocycles. The van der Waals surface area contributed by atoms with Crippen molar-refractivity contribution in [3.05, 3.63) is 94.5 Å². The molecule has 0 bridgehead atoms. The number of nitrogens with one attached hydrogen (secondary N) is 2. The second kappa shape index (κ2) is 8.87. The van der Waals surface area contributed by atoms with Gasteiger partial charge in [0, 0.05) is 34.6 Å². The SMILES string of the molecule is Cc1ccc(NC(=O)c2ccc(NC3c4ccccc4C(=O)N3CC(C)C)cc2)cc1C. The summed E-state index contributed by atoms with van der Waals surface area (Å²) in [5, 5.41) is 6.44. The van der Waals surface area contributed by atoms with Crippen LogP contribution in [-0.4, -0.2) is 23.3 Å². The van der Waals surface area contributed by atoms with Crippen molar-refractivity contribution < 1.29 is 9.59 Å². The van der Waals surface area contributed by atoms with Gasteiger partial charge in [0.1, 0.15) is 6.17 Å². The number of benzene rings is 3. The summed E-state index contributed by atoms with van der Waals surface area (Å²) in [4.78, 5) is 27.5. The minimum atomic E-state index is -0.226. The molecule has 0 spiro atoms. The van der Waals surface area contributed by atoms with Gasteiger partial charge in [-0.15, -0.1) is 0 Å². The molecule has 0 fully saturated rings. The Hall–Kier alpha value is -3.60. The van der Waals surface area contributed by atoms with Gasteiger partial charge in [-0.05, 0) is 73.4 Å². The minimum absolute atomic E-state index is 0.0520. The first-order valence-electron chi connectivity index (χ1n) is 11.0. The Morgan fingerprint density at radius 1 is 0.938 bits per heavy atom. The zero-order valence-corrected chi connectivity index (χ0v) is 19.0. The molecule has 0 aliphatic carbocycles. The third-order valence-electron chi connectivity index (χ3n) is 5.84. The summed E-state index contributed by atoms with van der Waals surface area (Å²) in [6.07, 6.45) is -0.226. The second-order valence-electron chi connectivity index (χ2n) is 8.82. The molecule has 0 aromatic heterocycles. The zero-order valence-electron chi connectivity index (χ0n) is 19.0. The molecule has 1 aliphatic heterocycles. The van der Waals surface area contributed by atoms with Crippen LogP contribution in [0, 0.1) is 19.8 Å². The van der Waals surface area contributed by atoms with Crippen molar-refractivity contribution in [3.63, 3.8) is 0 Å². The van der Waals surface area contributed by atoms with Crippen LogP contribution in [0.5, 0.6) is 0 Å². The number of amides is 2. The Bertz CT molecular complexity index is 1150. The van der Waals surface area contributed by atoms with E-state index in [1.165, 1.54) is 5.56 Å². The van der Waals surface area contributed by atoms with E-state index in [1.807, 2.05) is 73.3 Å². The Morgan fingerprint density at radius 3 is 2.31 bits per heavy atom. The molecule has 5 nitrogen and oxygen atoms in total. The molecule has 2 amide bonds. The predicted octanol–water partition coefficient (Wildman–Crippen LogP) is 5.78. The van der Waals surface area contributed by atoms with Crippen LogP contribution in [0.2, 0.25) is 0 Å². The van der Waals surface area contributed by atoms with Gasteiger partial charge in [0.2, 0.25) is 0 Å². The van der Waals surface area contributed by atoms with E-state index in [9.17, 15) is 9.59 Å². The van der Waals surface area contributed by atoms with E-state index in [2.05, 4.69) is 24.5 Å². The van der Waals surface area contributed by atoms with Crippen molar-refractivity contribution in [1.82, 2.24) is 4.90 Å². The molecule has 2 N–H and O–H groups in total. The lowest BCUT2D eigenvalue weighted by atomic mass is 10.1. The van der Waals surface area contributed by atoms with E-state index in [0.717, 1.165) is 28.1 Å². The van der Waals surface area contributed by atoms with Crippen LogP contribution in [0.1, 0.15) is 57.4 Å². The van der Waals surface area contributed by atoms with Gasteiger partial charge in [-0.1, -0.05) is 38.1 Å². The number of fused-ring (bicyclic) bond motifs is 1. The number of hydrogen-bond donors (Lipinski definition) is 2. The third kappa shape index (κ3) is 4.37. The quantitative estimate of drug-likeness (QED) is 0.524. The summed E-state index contributed by atoms with van der Waals surface area (Å²) in [6.45, 7) is 8.96. The van der Waals surface area contributed by atoms with Crippen LogP contribution >= 0.6 is 0 Å². The highest BCUT2D eigenvalue weighted by Crippen LogP contribution is 2.35. The Morgan fingerprint density at radius 2 is 1.62 bits per heavy atom. The second-order valence-corrected chi connectivity index (χ2v) is 8.82. The first kappa shape index (κ1) is 21.6. The molecule has 1 atom stereocenters. The standard InChI is InChI=1S/C27H29N3O2/c1-17(2)16-30-25(23-7-5-6-8-24(23)27(30)32)28-21-13-10-20(11-14-21)26(31)29-22-12-9-18(3)19(4)15-22/h5-15,17,25,28H,16H2,1-4H3,(H,29,31). The van der Waals surface area contributed by atoms with Crippen molar-refractivity contribution in [1.29, 1.82) is 0 Å².